The summed E-state index contributed by atoms with van der Waals surface area (Å²) in [5.41, 5.74) is 0.842. The van der Waals surface area contributed by atoms with Gasteiger partial charge in [0.1, 0.15) is 0 Å². The van der Waals surface area contributed by atoms with Gasteiger partial charge >= 0.3 is 5.97 Å². The Morgan fingerprint density at radius 3 is 2.21 bits per heavy atom. The summed E-state index contributed by atoms with van der Waals surface area (Å²) in [5, 5.41) is 9.17. The molecule has 0 amide bonds. The van der Waals surface area contributed by atoms with Gasteiger partial charge in [0.25, 0.3) is 0 Å². The lowest BCUT2D eigenvalue weighted by molar-refractivity contribution is -0.140. The SMILES string of the molecule is CC(C)CS(=O)(=O)C[C@H](Cc1ccccc1)C(=O)O. The topological polar surface area (TPSA) is 71.4 Å². The van der Waals surface area contributed by atoms with E-state index in [1.54, 1.807) is 0 Å². The molecule has 0 aliphatic rings. The summed E-state index contributed by atoms with van der Waals surface area (Å²) in [5.74, 6) is -2.19. The van der Waals surface area contributed by atoms with E-state index in [0.717, 1.165) is 5.56 Å². The van der Waals surface area contributed by atoms with Crippen molar-refractivity contribution in [1.29, 1.82) is 0 Å². The number of aliphatic carboxylic acids is 1. The van der Waals surface area contributed by atoms with Crippen molar-refractivity contribution in [3.05, 3.63) is 35.9 Å². The summed E-state index contributed by atoms with van der Waals surface area (Å²) in [6, 6.07) is 9.10. The number of benzene rings is 1. The van der Waals surface area contributed by atoms with Crippen LogP contribution in [0.4, 0.5) is 0 Å². The molecular formula is C14H20O4S. The van der Waals surface area contributed by atoms with Gasteiger partial charge in [0.15, 0.2) is 9.84 Å². The molecule has 1 N–H and O–H groups in total. The molecule has 4 nitrogen and oxygen atoms in total. The molecule has 0 aromatic heterocycles. The Labute approximate surface area is 114 Å². The highest BCUT2D eigenvalue weighted by atomic mass is 32.2. The van der Waals surface area contributed by atoms with E-state index in [-0.39, 0.29) is 23.8 Å². The van der Waals surface area contributed by atoms with Gasteiger partial charge in [-0.2, -0.15) is 0 Å². The van der Waals surface area contributed by atoms with Crippen molar-refractivity contribution in [2.45, 2.75) is 20.3 Å². The van der Waals surface area contributed by atoms with E-state index in [0.29, 0.717) is 0 Å². The maximum Gasteiger partial charge on any atom is 0.307 e. The van der Waals surface area contributed by atoms with E-state index in [2.05, 4.69) is 0 Å². The zero-order valence-corrected chi connectivity index (χ0v) is 12.1. The zero-order valence-electron chi connectivity index (χ0n) is 11.2. The molecule has 0 saturated carbocycles. The Morgan fingerprint density at radius 2 is 1.74 bits per heavy atom. The molecule has 1 aromatic carbocycles. The summed E-state index contributed by atoms with van der Waals surface area (Å²) >= 11 is 0. The van der Waals surface area contributed by atoms with Crippen LogP contribution in [0.5, 0.6) is 0 Å². The van der Waals surface area contributed by atoms with Crippen LogP contribution in [-0.2, 0) is 21.1 Å². The van der Waals surface area contributed by atoms with Gasteiger partial charge in [-0.1, -0.05) is 44.2 Å². The first-order valence-corrected chi connectivity index (χ1v) is 8.09. The van der Waals surface area contributed by atoms with Crippen LogP contribution in [-0.4, -0.2) is 31.0 Å². The molecule has 5 heteroatoms. The Bertz CT molecular complexity index is 506. The van der Waals surface area contributed by atoms with Crippen LogP contribution in [0.2, 0.25) is 0 Å². The summed E-state index contributed by atoms with van der Waals surface area (Å²) in [6.45, 7) is 3.62. The Kier molecular flexibility index (Phi) is 5.54. The lowest BCUT2D eigenvalue weighted by atomic mass is 10.0. The predicted molar refractivity (Wildman–Crippen MR) is 74.8 cm³/mol. The fourth-order valence-electron chi connectivity index (χ4n) is 2.00. The van der Waals surface area contributed by atoms with Gasteiger partial charge in [0.05, 0.1) is 17.4 Å². The predicted octanol–water partition coefficient (Wildman–Crippen LogP) is 2.00. The van der Waals surface area contributed by atoms with Crippen molar-refractivity contribution in [3.63, 3.8) is 0 Å². The molecule has 1 atom stereocenters. The summed E-state index contributed by atoms with van der Waals surface area (Å²) < 4.78 is 23.8. The summed E-state index contributed by atoms with van der Waals surface area (Å²) in [4.78, 5) is 11.2. The molecule has 106 valence electrons. The fourth-order valence-corrected chi connectivity index (χ4v) is 4.02. The first kappa shape index (κ1) is 15.7. The van der Waals surface area contributed by atoms with Crippen molar-refractivity contribution in [1.82, 2.24) is 0 Å². The van der Waals surface area contributed by atoms with Crippen LogP contribution in [0, 0.1) is 11.8 Å². The number of carboxylic acid groups (broad SMARTS) is 1. The Hall–Kier alpha value is -1.36. The highest BCUT2D eigenvalue weighted by molar-refractivity contribution is 7.91. The monoisotopic (exact) mass is 284 g/mol. The molecule has 0 saturated heterocycles. The number of rotatable bonds is 7. The molecule has 1 rings (SSSR count). The molecule has 0 aliphatic carbocycles. The van der Waals surface area contributed by atoms with Crippen molar-refractivity contribution >= 4 is 15.8 Å². The molecule has 19 heavy (non-hydrogen) atoms. The zero-order chi connectivity index (χ0) is 14.5. The number of carbonyl (C=O) groups is 1. The average molecular weight is 284 g/mol. The van der Waals surface area contributed by atoms with Crippen LogP contribution in [0.25, 0.3) is 0 Å². The molecule has 0 fully saturated rings. The highest BCUT2D eigenvalue weighted by Gasteiger charge is 2.26. The average Bonchev–Trinajstić information content (AvgIpc) is 2.27. The number of hydrogen-bond donors (Lipinski definition) is 1. The van der Waals surface area contributed by atoms with E-state index >= 15 is 0 Å². The molecule has 0 bridgehead atoms. The van der Waals surface area contributed by atoms with Gasteiger partial charge < -0.3 is 5.11 Å². The molecule has 0 radical (unpaired) electrons. The minimum atomic E-state index is -3.33. The van der Waals surface area contributed by atoms with Crippen molar-refractivity contribution in [3.8, 4) is 0 Å². The second-order valence-corrected chi connectivity index (χ2v) is 7.35. The van der Waals surface area contributed by atoms with Crippen molar-refractivity contribution < 1.29 is 18.3 Å². The number of carboxylic acids is 1. The molecule has 0 unspecified atom stereocenters. The smallest absolute Gasteiger partial charge is 0.307 e. The summed E-state index contributed by atoms with van der Waals surface area (Å²) in [6.07, 6.45) is 0.244. The van der Waals surface area contributed by atoms with Gasteiger partial charge in [-0.05, 0) is 17.9 Å². The van der Waals surface area contributed by atoms with Crippen LogP contribution in [0.15, 0.2) is 30.3 Å². The van der Waals surface area contributed by atoms with Crippen molar-refractivity contribution in [2.75, 3.05) is 11.5 Å². The van der Waals surface area contributed by atoms with Crippen LogP contribution in [0.1, 0.15) is 19.4 Å². The van der Waals surface area contributed by atoms with E-state index in [1.165, 1.54) is 0 Å². The highest BCUT2D eigenvalue weighted by Crippen LogP contribution is 2.13. The Morgan fingerprint density at radius 1 is 1.16 bits per heavy atom. The lowest BCUT2D eigenvalue weighted by Crippen LogP contribution is -2.28. The molecule has 1 aromatic rings. The number of sulfone groups is 1. The standard InChI is InChI=1S/C14H20O4S/c1-11(2)9-19(17,18)10-13(14(15)16)8-12-6-4-3-5-7-12/h3-7,11,13H,8-10H2,1-2H3,(H,15,16)/t13-/m0/s1. The first-order valence-electron chi connectivity index (χ1n) is 6.27. The molecule has 0 spiro atoms. The van der Waals surface area contributed by atoms with Crippen LogP contribution >= 0.6 is 0 Å². The lowest BCUT2D eigenvalue weighted by Gasteiger charge is -2.14. The van der Waals surface area contributed by atoms with Crippen molar-refractivity contribution in [2.24, 2.45) is 11.8 Å². The minimum Gasteiger partial charge on any atom is -0.481 e. The first-order chi connectivity index (χ1) is 8.80. The normalized spacial score (nSPS) is 13.4. The minimum absolute atomic E-state index is 0.0103. The second-order valence-electron chi connectivity index (χ2n) is 5.20. The van der Waals surface area contributed by atoms with Gasteiger partial charge in [-0.25, -0.2) is 8.42 Å². The van der Waals surface area contributed by atoms with E-state index in [4.69, 9.17) is 5.11 Å². The number of hydrogen-bond acceptors (Lipinski definition) is 3. The van der Waals surface area contributed by atoms with Gasteiger partial charge in [0, 0.05) is 0 Å². The van der Waals surface area contributed by atoms with Gasteiger partial charge in [-0.3, -0.25) is 4.79 Å². The van der Waals surface area contributed by atoms with Gasteiger partial charge in [-0.15, -0.1) is 0 Å². The van der Waals surface area contributed by atoms with Crippen LogP contribution < -0.4 is 0 Å². The fraction of sp³-hybridized carbons (Fsp3) is 0.500. The molecular weight excluding hydrogens is 264 g/mol. The van der Waals surface area contributed by atoms with E-state index < -0.39 is 21.7 Å². The molecule has 0 heterocycles. The maximum absolute atomic E-state index is 11.9. The second kappa shape index (κ2) is 6.70. The van der Waals surface area contributed by atoms with E-state index in [1.807, 2.05) is 44.2 Å². The quantitative estimate of drug-likeness (QED) is 0.831. The molecule has 0 aliphatic heterocycles. The third kappa shape index (κ3) is 5.87. The summed E-state index contributed by atoms with van der Waals surface area (Å²) in [7, 11) is -3.33. The maximum atomic E-state index is 11.9. The third-order valence-electron chi connectivity index (χ3n) is 2.72. The van der Waals surface area contributed by atoms with Gasteiger partial charge in [0.2, 0.25) is 0 Å². The largest absolute Gasteiger partial charge is 0.481 e. The Balaban J connectivity index is 2.77. The third-order valence-corrected chi connectivity index (χ3v) is 4.80. The van der Waals surface area contributed by atoms with E-state index in [9.17, 15) is 13.2 Å². The van der Waals surface area contributed by atoms with Crippen LogP contribution in [0.3, 0.4) is 0 Å².